The molecule has 1 fully saturated rings. The molecule has 1 N–H and O–H groups in total. The molecule has 182 valence electrons. The van der Waals surface area contributed by atoms with Crippen LogP contribution >= 0.6 is 0 Å². The second-order valence-electron chi connectivity index (χ2n) is 8.84. The van der Waals surface area contributed by atoms with E-state index in [1.54, 1.807) is 43.5 Å². The van der Waals surface area contributed by atoms with Gasteiger partial charge in [0.05, 0.1) is 25.6 Å². The number of carbonyl (C=O) groups is 2. The number of nitrogens with zero attached hydrogens (tertiary/aromatic N) is 1. The number of aliphatic hydroxyl groups is 1. The molecule has 1 aliphatic rings. The van der Waals surface area contributed by atoms with Crippen molar-refractivity contribution < 1.29 is 28.6 Å². The largest absolute Gasteiger partial charge is 0.507 e. The van der Waals surface area contributed by atoms with Crippen LogP contribution in [0.3, 0.4) is 0 Å². The molecule has 1 amide bonds. The van der Waals surface area contributed by atoms with Gasteiger partial charge in [-0.2, -0.15) is 0 Å². The molecule has 0 radical (unpaired) electrons. The number of hydrogen-bond donors (Lipinski definition) is 1. The molecule has 4 rings (SSSR count). The van der Waals surface area contributed by atoms with E-state index in [4.69, 9.17) is 13.9 Å². The Kier molecular flexibility index (Phi) is 7.25. The van der Waals surface area contributed by atoms with Crippen molar-refractivity contribution in [2.24, 2.45) is 5.92 Å². The molecule has 0 saturated carbocycles. The minimum absolute atomic E-state index is 0.000639. The third-order valence-electron chi connectivity index (χ3n) is 5.84. The minimum Gasteiger partial charge on any atom is -0.507 e. The molecule has 7 nitrogen and oxygen atoms in total. The van der Waals surface area contributed by atoms with E-state index in [-0.39, 0.29) is 17.9 Å². The van der Waals surface area contributed by atoms with Crippen molar-refractivity contribution in [2.75, 3.05) is 20.3 Å². The van der Waals surface area contributed by atoms with Gasteiger partial charge in [-0.05, 0) is 54.3 Å². The molecule has 1 aromatic heterocycles. The van der Waals surface area contributed by atoms with Crippen LogP contribution in [0, 0.1) is 5.92 Å². The quantitative estimate of drug-likeness (QED) is 0.267. The number of amides is 1. The maximum atomic E-state index is 13.1. The molecule has 2 aromatic carbocycles. The molecule has 0 spiro atoms. The molecule has 1 aliphatic heterocycles. The highest BCUT2D eigenvalue weighted by Crippen LogP contribution is 2.40. The molecule has 7 heteroatoms. The predicted molar refractivity (Wildman–Crippen MR) is 131 cm³/mol. The minimum atomic E-state index is -0.830. The summed E-state index contributed by atoms with van der Waals surface area (Å²) < 4.78 is 16.6. The van der Waals surface area contributed by atoms with Crippen LogP contribution in [0.5, 0.6) is 11.5 Å². The zero-order valence-electron chi connectivity index (χ0n) is 20.1. The van der Waals surface area contributed by atoms with Crippen LogP contribution in [-0.2, 0) is 16.0 Å². The van der Waals surface area contributed by atoms with Crippen LogP contribution in [0.1, 0.15) is 36.8 Å². The van der Waals surface area contributed by atoms with Crippen LogP contribution in [0.25, 0.3) is 5.76 Å². The van der Waals surface area contributed by atoms with E-state index in [9.17, 15) is 14.7 Å². The Balaban J connectivity index is 1.67. The second-order valence-corrected chi connectivity index (χ2v) is 8.84. The first-order valence-corrected chi connectivity index (χ1v) is 11.6. The van der Waals surface area contributed by atoms with Gasteiger partial charge in [0.25, 0.3) is 11.7 Å². The van der Waals surface area contributed by atoms with Crippen LogP contribution in [0.15, 0.2) is 76.9 Å². The summed E-state index contributed by atoms with van der Waals surface area (Å²) in [4.78, 5) is 27.7. The van der Waals surface area contributed by atoms with Gasteiger partial charge in [0.1, 0.15) is 29.1 Å². The SMILES string of the molecule is COc1ccc(CCN2C(=O)C(=O)/C(=C(\O)c3cccc(OCC(C)C)c3)C2c2ccco2)cc1. The Morgan fingerprint density at radius 3 is 2.49 bits per heavy atom. The van der Waals surface area contributed by atoms with E-state index >= 15 is 0 Å². The standard InChI is InChI=1S/C28H29NO6/c1-18(2)17-35-22-7-4-6-20(16-22)26(30)24-25(23-8-5-15-34-23)29(28(32)27(24)31)14-13-19-9-11-21(33-3)12-10-19/h4-12,15-16,18,25,30H,13-14,17H2,1-3H3/b26-24-. The van der Waals surface area contributed by atoms with Crippen molar-refractivity contribution in [1.29, 1.82) is 0 Å². The molecule has 1 unspecified atom stereocenters. The van der Waals surface area contributed by atoms with Crippen molar-refractivity contribution >= 4 is 17.4 Å². The number of ether oxygens (including phenoxy) is 2. The van der Waals surface area contributed by atoms with Crippen LogP contribution in [0.2, 0.25) is 0 Å². The summed E-state index contributed by atoms with van der Waals surface area (Å²) in [5.74, 6) is 0.387. The Morgan fingerprint density at radius 1 is 1.06 bits per heavy atom. The van der Waals surface area contributed by atoms with Crippen molar-refractivity contribution in [2.45, 2.75) is 26.3 Å². The number of hydrogen-bond acceptors (Lipinski definition) is 6. The summed E-state index contributed by atoms with van der Waals surface area (Å²) in [6.45, 7) is 4.88. The molecule has 0 bridgehead atoms. The smallest absolute Gasteiger partial charge is 0.295 e. The summed E-state index contributed by atoms with van der Waals surface area (Å²) in [5.41, 5.74) is 1.39. The number of methoxy groups -OCH3 is 1. The van der Waals surface area contributed by atoms with Crippen molar-refractivity contribution in [1.82, 2.24) is 4.90 Å². The number of benzene rings is 2. The first-order valence-electron chi connectivity index (χ1n) is 11.6. The average molecular weight is 476 g/mol. The lowest BCUT2D eigenvalue weighted by Gasteiger charge is -2.23. The number of rotatable bonds is 9. The Bertz CT molecular complexity index is 1210. The van der Waals surface area contributed by atoms with Gasteiger partial charge in [-0.15, -0.1) is 0 Å². The summed E-state index contributed by atoms with van der Waals surface area (Å²) in [5, 5.41) is 11.2. The summed E-state index contributed by atoms with van der Waals surface area (Å²) in [6, 6.07) is 17.0. The normalized spacial score (nSPS) is 17.3. The zero-order valence-corrected chi connectivity index (χ0v) is 20.1. The molecule has 1 saturated heterocycles. The number of carbonyl (C=O) groups excluding carboxylic acids is 2. The summed E-state index contributed by atoms with van der Waals surface area (Å²) in [7, 11) is 1.60. The number of ketones is 1. The lowest BCUT2D eigenvalue weighted by molar-refractivity contribution is -0.140. The van der Waals surface area contributed by atoms with Gasteiger partial charge in [-0.1, -0.05) is 38.1 Å². The maximum absolute atomic E-state index is 13.1. The van der Waals surface area contributed by atoms with Gasteiger partial charge in [-0.25, -0.2) is 0 Å². The molecule has 35 heavy (non-hydrogen) atoms. The van der Waals surface area contributed by atoms with E-state index in [1.165, 1.54) is 11.2 Å². The molecule has 2 heterocycles. The van der Waals surface area contributed by atoms with E-state index in [2.05, 4.69) is 0 Å². The van der Waals surface area contributed by atoms with Gasteiger partial charge < -0.3 is 23.9 Å². The fourth-order valence-corrected chi connectivity index (χ4v) is 4.05. The van der Waals surface area contributed by atoms with E-state index in [0.29, 0.717) is 36.0 Å². The molecular formula is C28H29NO6. The fourth-order valence-electron chi connectivity index (χ4n) is 4.05. The second kappa shape index (κ2) is 10.5. The maximum Gasteiger partial charge on any atom is 0.295 e. The summed E-state index contributed by atoms with van der Waals surface area (Å²) in [6.07, 6.45) is 2.01. The lowest BCUT2D eigenvalue weighted by atomic mass is 9.99. The Hall–Kier alpha value is -4.00. The van der Waals surface area contributed by atoms with Crippen molar-refractivity contribution in [3.8, 4) is 11.5 Å². The first-order chi connectivity index (χ1) is 16.9. The first kappa shape index (κ1) is 24.1. The highest BCUT2D eigenvalue weighted by atomic mass is 16.5. The van der Waals surface area contributed by atoms with E-state index in [1.807, 2.05) is 38.1 Å². The highest BCUT2D eigenvalue weighted by molar-refractivity contribution is 6.46. The van der Waals surface area contributed by atoms with Gasteiger partial charge >= 0.3 is 0 Å². The number of aliphatic hydroxyl groups excluding tert-OH is 1. The molecule has 0 aliphatic carbocycles. The third-order valence-corrected chi connectivity index (χ3v) is 5.84. The van der Waals surface area contributed by atoms with Crippen LogP contribution in [0.4, 0.5) is 0 Å². The predicted octanol–water partition coefficient (Wildman–Crippen LogP) is 4.99. The Morgan fingerprint density at radius 2 is 1.83 bits per heavy atom. The number of likely N-dealkylation sites (tertiary alicyclic amines) is 1. The van der Waals surface area contributed by atoms with Crippen LogP contribution < -0.4 is 9.47 Å². The molecular weight excluding hydrogens is 446 g/mol. The molecule has 3 aromatic rings. The van der Waals surface area contributed by atoms with Gasteiger partial charge in [0.2, 0.25) is 0 Å². The van der Waals surface area contributed by atoms with E-state index in [0.717, 1.165) is 11.3 Å². The monoisotopic (exact) mass is 475 g/mol. The highest BCUT2D eigenvalue weighted by Gasteiger charge is 2.47. The Labute approximate surface area is 204 Å². The average Bonchev–Trinajstić information content (AvgIpc) is 3.48. The zero-order chi connectivity index (χ0) is 24.9. The number of Topliss-reactive ketones (excluding diaryl/α,β-unsaturated/α-hetero) is 1. The topological polar surface area (TPSA) is 89.2 Å². The van der Waals surface area contributed by atoms with E-state index < -0.39 is 17.7 Å². The fraction of sp³-hybridized carbons (Fsp3) is 0.286. The lowest BCUT2D eigenvalue weighted by Crippen LogP contribution is -2.31. The van der Waals surface area contributed by atoms with Crippen molar-refractivity contribution in [3.05, 3.63) is 89.4 Å². The van der Waals surface area contributed by atoms with Crippen LogP contribution in [-0.4, -0.2) is 42.0 Å². The van der Waals surface area contributed by atoms with Gasteiger partial charge in [0.15, 0.2) is 0 Å². The van der Waals surface area contributed by atoms with Gasteiger partial charge in [0, 0.05) is 12.1 Å². The molecule has 1 atom stereocenters. The van der Waals surface area contributed by atoms with Gasteiger partial charge in [-0.3, -0.25) is 9.59 Å². The summed E-state index contributed by atoms with van der Waals surface area (Å²) >= 11 is 0. The third kappa shape index (κ3) is 5.24. The number of furan rings is 1. The van der Waals surface area contributed by atoms with Crippen molar-refractivity contribution in [3.63, 3.8) is 0 Å².